The van der Waals surface area contributed by atoms with E-state index in [0.29, 0.717) is 19.6 Å². The first kappa shape index (κ1) is 17.9. The summed E-state index contributed by atoms with van der Waals surface area (Å²) in [7, 11) is 1.62. The molecule has 0 saturated heterocycles. The molecule has 0 aliphatic heterocycles. The minimum atomic E-state index is -0.0129. The third-order valence-electron chi connectivity index (χ3n) is 3.80. The smallest absolute Gasteiger partial charge is 0.224 e. The number of amides is 1. The molecule has 0 atom stereocenters. The summed E-state index contributed by atoms with van der Waals surface area (Å²) in [5, 5.41) is 2.89. The molecule has 0 unspecified atom stereocenters. The SMILES string of the molecule is COc1ccc(CC(=O)NCCOc2c(C)cc(C)cc2C)cc1. The highest BCUT2D eigenvalue weighted by Crippen LogP contribution is 2.24. The zero-order valence-corrected chi connectivity index (χ0v) is 14.8. The Morgan fingerprint density at radius 3 is 2.25 bits per heavy atom. The van der Waals surface area contributed by atoms with Gasteiger partial charge in [0.2, 0.25) is 5.91 Å². The standard InChI is InChI=1S/C20H25NO3/c1-14-11-15(2)20(16(3)12-14)24-10-9-21-19(22)13-17-5-7-18(23-4)8-6-17/h5-8,11-12H,9-10,13H2,1-4H3,(H,21,22). The van der Waals surface area contributed by atoms with Crippen molar-refractivity contribution in [1.82, 2.24) is 5.32 Å². The average molecular weight is 327 g/mol. The minimum absolute atomic E-state index is 0.0129. The zero-order chi connectivity index (χ0) is 17.5. The van der Waals surface area contributed by atoms with Gasteiger partial charge in [-0.2, -0.15) is 0 Å². The summed E-state index contributed by atoms with van der Waals surface area (Å²) in [5.74, 6) is 1.68. The molecule has 128 valence electrons. The predicted octanol–water partition coefficient (Wildman–Crippen LogP) is 3.36. The highest BCUT2D eigenvalue weighted by Gasteiger charge is 2.06. The van der Waals surface area contributed by atoms with E-state index in [2.05, 4.69) is 24.4 Å². The first-order valence-corrected chi connectivity index (χ1v) is 8.10. The van der Waals surface area contributed by atoms with Gasteiger partial charge >= 0.3 is 0 Å². The second-order valence-corrected chi connectivity index (χ2v) is 5.95. The summed E-state index contributed by atoms with van der Waals surface area (Å²) in [5.41, 5.74) is 4.43. The van der Waals surface area contributed by atoms with Crippen molar-refractivity contribution in [2.24, 2.45) is 0 Å². The highest BCUT2D eigenvalue weighted by molar-refractivity contribution is 5.78. The van der Waals surface area contributed by atoms with Crippen LogP contribution in [-0.2, 0) is 11.2 Å². The molecule has 0 fully saturated rings. The Kier molecular flexibility index (Phi) is 6.24. The van der Waals surface area contributed by atoms with E-state index in [1.54, 1.807) is 7.11 Å². The fourth-order valence-corrected chi connectivity index (χ4v) is 2.73. The van der Waals surface area contributed by atoms with Crippen LogP contribution in [0.4, 0.5) is 0 Å². The average Bonchev–Trinajstić information content (AvgIpc) is 2.54. The summed E-state index contributed by atoms with van der Waals surface area (Å²) >= 11 is 0. The molecule has 0 aliphatic rings. The van der Waals surface area contributed by atoms with Gasteiger partial charge in [-0.1, -0.05) is 29.8 Å². The first-order chi connectivity index (χ1) is 11.5. The van der Waals surface area contributed by atoms with E-state index in [1.807, 2.05) is 38.1 Å². The second-order valence-electron chi connectivity index (χ2n) is 5.95. The number of rotatable bonds is 7. The molecular formula is C20H25NO3. The van der Waals surface area contributed by atoms with Gasteiger partial charge in [-0.05, 0) is 49.6 Å². The molecular weight excluding hydrogens is 302 g/mol. The number of ether oxygens (including phenoxy) is 2. The van der Waals surface area contributed by atoms with Gasteiger partial charge in [-0.15, -0.1) is 0 Å². The quantitative estimate of drug-likeness (QED) is 0.793. The molecule has 0 heterocycles. The van der Waals surface area contributed by atoms with Crippen molar-refractivity contribution in [3.8, 4) is 11.5 Å². The zero-order valence-electron chi connectivity index (χ0n) is 14.8. The molecule has 2 aromatic carbocycles. The topological polar surface area (TPSA) is 47.6 Å². The Hall–Kier alpha value is -2.49. The summed E-state index contributed by atoms with van der Waals surface area (Å²) < 4.78 is 10.9. The van der Waals surface area contributed by atoms with Crippen molar-refractivity contribution >= 4 is 5.91 Å². The number of aryl methyl sites for hydroxylation is 3. The molecule has 0 spiro atoms. The molecule has 0 aromatic heterocycles. The first-order valence-electron chi connectivity index (χ1n) is 8.10. The third-order valence-corrected chi connectivity index (χ3v) is 3.80. The Morgan fingerprint density at radius 2 is 1.67 bits per heavy atom. The molecule has 0 radical (unpaired) electrons. The highest BCUT2D eigenvalue weighted by atomic mass is 16.5. The number of nitrogens with one attached hydrogen (secondary N) is 1. The summed E-state index contributed by atoms with van der Waals surface area (Å²) in [4.78, 5) is 12.0. The molecule has 4 heteroatoms. The second kappa shape index (κ2) is 8.39. The van der Waals surface area contributed by atoms with Crippen LogP contribution in [-0.4, -0.2) is 26.2 Å². The van der Waals surface area contributed by atoms with Gasteiger partial charge in [-0.25, -0.2) is 0 Å². The minimum Gasteiger partial charge on any atom is -0.497 e. The number of benzene rings is 2. The van der Waals surface area contributed by atoms with Crippen LogP contribution < -0.4 is 14.8 Å². The monoisotopic (exact) mass is 327 g/mol. The van der Waals surface area contributed by atoms with Crippen LogP contribution in [0.2, 0.25) is 0 Å². The van der Waals surface area contributed by atoms with Gasteiger partial charge in [0.15, 0.2) is 0 Å². The van der Waals surface area contributed by atoms with Crippen LogP contribution in [0.1, 0.15) is 22.3 Å². The molecule has 2 aromatic rings. The normalized spacial score (nSPS) is 10.3. The number of carbonyl (C=O) groups is 1. The van der Waals surface area contributed by atoms with Crippen molar-refractivity contribution in [2.75, 3.05) is 20.3 Å². The number of methoxy groups -OCH3 is 1. The number of hydrogen-bond donors (Lipinski definition) is 1. The third kappa shape index (κ3) is 5.01. The van der Waals surface area contributed by atoms with Crippen LogP contribution in [0.5, 0.6) is 11.5 Å². The fourth-order valence-electron chi connectivity index (χ4n) is 2.73. The maximum Gasteiger partial charge on any atom is 0.224 e. The van der Waals surface area contributed by atoms with E-state index in [1.165, 1.54) is 5.56 Å². The molecule has 24 heavy (non-hydrogen) atoms. The molecule has 2 rings (SSSR count). The number of hydrogen-bond acceptors (Lipinski definition) is 3. The lowest BCUT2D eigenvalue weighted by Crippen LogP contribution is -2.29. The molecule has 0 bridgehead atoms. The molecule has 0 saturated carbocycles. The van der Waals surface area contributed by atoms with Crippen molar-refractivity contribution < 1.29 is 14.3 Å². The van der Waals surface area contributed by atoms with E-state index in [4.69, 9.17) is 9.47 Å². The number of carbonyl (C=O) groups excluding carboxylic acids is 1. The maximum absolute atomic E-state index is 12.0. The van der Waals surface area contributed by atoms with Gasteiger partial charge < -0.3 is 14.8 Å². The van der Waals surface area contributed by atoms with Crippen LogP contribution in [0.15, 0.2) is 36.4 Å². The summed E-state index contributed by atoms with van der Waals surface area (Å²) in [6.45, 7) is 7.10. The van der Waals surface area contributed by atoms with Gasteiger partial charge in [0.05, 0.1) is 20.1 Å². The summed E-state index contributed by atoms with van der Waals surface area (Å²) in [6, 6.07) is 11.7. The van der Waals surface area contributed by atoms with Gasteiger partial charge in [0.25, 0.3) is 0 Å². The molecule has 1 N–H and O–H groups in total. The van der Waals surface area contributed by atoms with Crippen LogP contribution >= 0.6 is 0 Å². The van der Waals surface area contributed by atoms with E-state index in [-0.39, 0.29) is 5.91 Å². The Labute approximate surface area is 143 Å². The van der Waals surface area contributed by atoms with Crippen molar-refractivity contribution in [3.63, 3.8) is 0 Å². The van der Waals surface area contributed by atoms with Crippen molar-refractivity contribution in [1.29, 1.82) is 0 Å². The largest absolute Gasteiger partial charge is 0.497 e. The predicted molar refractivity (Wildman–Crippen MR) is 95.9 cm³/mol. The van der Waals surface area contributed by atoms with Gasteiger partial charge in [-0.3, -0.25) is 4.79 Å². The molecule has 0 aliphatic carbocycles. The summed E-state index contributed by atoms with van der Waals surface area (Å²) in [6.07, 6.45) is 0.354. The van der Waals surface area contributed by atoms with E-state index >= 15 is 0 Å². The Morgan fingerprint density at radius 1 is 1.04 bits per heavy atom. The van der Waals surface area contributed by atoms with E-state index in [0.717, 1.165) is 28.2 Å². The van der Waals surface area contributed by atoms with Gasteiger partial charge in [0.1, 0.15) is 18.1 Å². The Balaban J connectivity index is 1.76. The maximum atomic E-state index is 12.0. The van der Waals surface area contributed by atoms with Crippen LogP contribution in [0.25, 0.3) is 0 Å². The van der Waals surface area contributed by atoms with Crippen molar-refractivity contribution in [2.45, 2.75) is 27.2 Å². The lowest BCUT2D eigenvalue weighted by molar-refractivity contribution is -0.120. The molecule has 1 amide bonds. The molecule has 4 nitrogen and oxygen atoms in total. The van der Waals surface area contributed by atoms with Crippen LogP contribution in [0.3, 0.4) is 0 Å². The fraction of sp³-hybridized carbons (Fsp3) is 0.350. The van der Waals surface area contributed by atoms with Crippen molar-refractivity contribution in [3.05, 3.63) is 58.7 Å². The Bertz CT molecular complexity index is 670. The van der Waals surface area contributed by atoms with E-state index in [9.17, 15) is 4.79 Å². The van der Waals surface area contributed by atoms with E-state index < -0.39 is 0 Å². The van der Waals surface area contributed by atoms with Crippen LogP contribution in [0, 0.1) is 20.8 Å². The lowest BCUT2D eigenvalue weighted by atomic mass is 10.1. The lowest BCUT2D eigenvalue weighted by Gasteiger charge is -2.13. The van der Waals surface area contributed by atoms with Gasteiger partial charge in [0, 0.05) is 0 Å².